The molecule has 0 atom stereocenters. The van der Waals surface area contributed by atoms with Gasteiger partial charge in [-0.2, -0.15) is 0 Å². The standard InChI is InChI=1S/C9H13NOS4/c1-14-15-6-7-2-3-9(10-12)4-8(7)5-11-13/h2-4,10,12-13H,5-6H2,1H3. The van der Waals surface area contributed by atoms with Crippen molar-refractivity contribution in [2.45, 2.75) is 12.4 Å². The van der Waals surface area contributed by atoms with Gasteiger partial charge in [0.25, 0.3) is 0 Å². The van der Waals surface area contributed by atoms with Crippen molar-refractivity contribution in [3.8, 4) is 0 Å². The zero-order valence-electron chi connectivity index (χ0n) is 8.27. The molecule has 0 saturated carbocycles. The first-order valence-electron chi connectivity index (χ1n) is 4.25. The average molecular weight is 279 g/mol. The Morgan fingerprint density at radius 3 is 2.80 bits per heavy atom. The molecule has 1 aromatic rings. The fourth-order valence-electron chi connectivity index (χ4n) is 1.16. The summed E-state index contributed by atoms with van der Waals surface area (Å²) in [6, 6.07) is 6.12. The summed E-state index contributed by atoms with van der Waals surface area (Å²) in [4.78, 5) is 0. The summed E-state index contributed by atoms with van der Waals surface area (Å²) in [5.41, 5.74) is 3.39. The molecule has 0 radical (unpaired) electrons. The summed E-state index contributed by atoms with van der Waals surface area (Å²) < 4.78 is 7.68. The van der Waals surface area contributed by atoms with Crippen LogP contribution < -0.4 is 4.72 Å². The van der Waals surface area contributed by atoms with Gasteiger partial charge in [-0.1, -0.05) is 40.5 Å². The molecular weight excluding hydrogens is 266 g/mol. The second-order valence-electron chi connectivity index (χ2n) is 2.80. The van der Waals surface area contributed by atoms with Crippen LogP contribution >= 0.6 is 47.3 Å². The van der Waals surface area contributed by atoms with E-state index in [4.69, 9.17) is 4.18 Å². The van der Waals surface area contributed by atoms with Gasteiger partial charge in [0.1, 0.15) is 0 Å². The molecule has 0 bridgehead atoms. The number of anilines is 1. The highest BCUT2D eigenvalue weighted by molar-refractivity contribution is 8.76. The van der Waals surface area contributed by atoms with Gasteiger partial charge >= 0.3 is 0 Å². The molecule has 0 saturated heterocycles. The highest BCUT2D eigenvalue weighted by Crippen LogP contribution is 2.27. The smallest absolute Gasteiger partial charge is 0.0865 e. The van der Waals surface area contributed by atoms with Gasteiger partial charge in [0.2, 0.25) is 0 Å². The van der Waals surface area contributed by atoms with Gasteiger partial charge in [-0.25, -0.2) is 0 Å². The van der Waals surface area contributed by atoms with Crippen LogP contribution in [0.1, 0.15) is 11.1 Å². The van der Waals surface area contributed by atoms with Crippen LogP contribution in [-0.2, 0) is 16.5 Å². The average Bonchev–Trinajstić information content (AvgIpc) is 2.27. The molecule has 0 aliphatic rings. The number of nitrogens with one attached hydrogen (secondary N) is 1. The van der Waals surface area contributed by atoms with Crippen molar-refractivity contribution in [3.05, 3.63) is 29.3 Å². The molecule has 6 heteroatoms. The highest BCUT2D eigenvalue weighted by Gasteiger charge is 2.04. The van der Waals surface area contributed by atoms with Crippen LogP contribution in [0.3, 0.4) is 0 Å². The lowest BCUT2D eigenvalue weighted by Crippen LogP contribution is -1.94. The minimum absolute atomic E-state index is 0.511. The van der Waals surface area contributed by atoms with Crippen LogP contribution in [-0.4, -0.2) is 6.26 Å². The lowest BCUT2D eigenvalue weighted by atomic mass is 10.1. The van der Waals surface area contributed by atoms with Gasteiger partial charge in [-0.05, 0) is 42.4 Å². The Bertz CT molecular complexity index is 308. The minimum atomic E-state index is 0.511. The number of hydrogen-bond donors (Lipinski definition) is 3. The quantitative estimate of drug-likeness (QED) is 0.418. The van der Waals surface area contributed by atoms with Crippen molar-refractivity contribution >= 4 is 53.0 Å². The Balaban J connectivity index is 2.82. The molecule has 0 aromatic heterocycles. The van der Waals surface area contributed by atoms with Crippen molar-refractivity contribution in [2.75, 3.05) is 11.0 Å². The van der Waals surface area contributed by atoms with Gasteiger partial charge in [0.15, 0.2) is 0 Å². The molecule has 1 N–H and O–H groups in total. The lowest BCUT2D eigenvalue weighted by Gasteiger charge is -2.09. The predicted octanol–water partition coefficient (Wildman–Crippen LogP) is 3.82. The van der Waals surface area contributed by atoms with Gasteiger partial charge < -0.3 is 8.91 Å². The van der Waals surface area contributed by atoms with Crippen molar-refractivity contribution in [3.63, 3.8) is 0 Å². The summed E-state index contributed by atoms with van der Waals surface area (Å²) in [6.45, 7) is 0.511. The summed E-state index contributed by atoms with van der Waals surface area (Å²) >= 11 is 7.79. The Hall–Kier alpha value is 0.380. The molecule has 15 heavy (non-hydrogen) atoms. The number of rotatable bonds is 6. The molecule has 1 rings (SSSR count). The maximum atomic E-state index is 4.87. The van der Waals surface area contributed by atoms with E-state index in [1.807, 2.05) is 22.9 Å². The lowest BCUT2D eigenvalue weighted by molar-refractivity contribution is 0.371. The van der Waals surface area contributed by atoms with E-state index in [1.54, 1.807) is 10.8 Å². The Labute approximate surface area is 109 Å². The predicted molar refractivity (Wildman–Crippen MR) is 77.6 cm³/mol. The van der Waals surface area contributed by atoms with E-state index in [2.05, 4.69) is 42.8 Å². The van der Waals surface area contributed by atoms with E-state index in [9.17, 15) is 0 Å². The monoisotopic (exact) mass is 279 g/mol. The van der Waals surface area contributed by atoms with Crippen molar-refractivity contribution in [1.29, 1.82) is 0 Å². The van der Waals surface area contributed by atoms with Gasteiger partial charge in [0, 0.05) is 11.4 Å². The third kappa shape index (κ3) is 4.40. The van der Waals surface area contributed by atoms with Gasteiger partial charge in [-0.15, -0.1) is 0 Å². The van der Waals surface area contributed by atoms with Crippen LogP contribution in [0.4, 0.5) is 5.69 Å². The summed E-state index contributed by atoms with van der Waals surface area (Å²) in [5, 5.41) is 0. The molecule has 2 nitrogen and oxygen atoms in total. The summed E-state index contributed by atoms with van der Waals surface area (Å²) in [6.07, 6.45) is 2.07. The minimum Gasteiger partial charge on any atom is -0.332 e. The Morgan fingerprint density at radius 1 is 1.40 bits per heavy atom. The first-order valence-corrected chi connectivity index (χ1v) is 7.79. The molecule has 0 amide bonds. The Kier molecular flexibility index (Phi) is 6.83. The number of thiol groups is 2. The molecular formula is C9H13NOS4. The SMILES string of the molecule is CSSCc1ccc(NS)cc1COS. The first kappa shape index (κ1) is 13.4. The third-order valence-corrected chi connectivity index (χ3v) is 4.00. The van der Waals surface area contributed by atoms with E-state index >= 15 is 0 Å². The maximum Gasteiger partial charge on any atom is 0.0865 e. The molecule has 0 spiro atoms. The summed E-state index contributed by atoms with van der Waals surface area (Å²) in [5.74, 6) is 0.973. The van der Waals surface area contributed by atoms with Gasteiger partial charge in [-0.3, -0.25) is 0 Å². The second kappa shape index (κ2) is 7.62. The maximum absolute atomic E-state index is 4.87. The molecule has 84 valence electrons. The van der Waals surface area contributed by atoms with Crippen molar-refractivity contribution in [2.24, 2.45) is 0 Å². The zero-order chi connectivity index (χ0) is 11.1. The second-order valence-corrected chi connectivity index (χ2v) is 5.84. The molecule has 1 aromatic carbocycles. The summed E-state index contributed by atoms with van der Waals surface area (Å²) in [7, 11) is 3.57. The largest absolute Gasteiger partial charge is 0.332 e. The van der Waals surface area contributed by atoms with E-state index in [0.717, 1.165) is 17.0 Å². The normalized spacial score (nSPS) is 10.3. The fraction of sp³-hybridized carbons (Fsp3) is 0.333. The van der Waals surface area contributed by atoms with E-state index in [-0.39, 0.29) is 0 Å². The van der Waals surface area contributed by atoms with Crippen LogP contribution in [0.25, 0.3) is 0 Å². The van der Waals surface area contributed by atoms with E-state index < -0.39 is 0 Å². The van der Waals surface area contributed by atoms with Crippen molar-refractivity contribution in [1.82, 2.24) is 0 Å². The zero-order valence-corrected chi connectivity index (χ0v) is 11.7. The Morgan fingerprint density at radius 2 is 2.20 bits per heavy atom. The molecule has 0 unspecified atom stereocenters. The van der Waals surface area contributed by atoms with Crippen LogP contribution in [0.15, 0.2) is 18.2 Å². The molecule has 0 heterocycles. The van der Waals surface area contributed by atoms with E-state index in [1.165, 1.54) is 5.56 Å². The topological polar surface area (TPSA) is 21.3 Å². The van der Waals surface area contributed by atoms with Gasteiger partial charge in [0.05, 0.1) is 6.61 Å². The third-order valence-electron chi connectivity index (χ3n) is 1.89. The van der Waals surface area contributed by atoms with Crippen LogP contribution in [0.2, 0.25) is 0 Å². The molecule has 0 aliphatic carbocycles. The number of benzene rings is 1. The van der Waals surface area contributed by atoms with Crippen LogP contribution in [0.5, 0.6) is 0 Å². The molecule has 0 fully saturated rings. The molecule has 0 aliphatic heterocycles. The van der Waals surface area contributed by atoms with E-state index in [0.29, 0.717) is 6.61 Å². The highest BCUT2D eigenvalue weighted by atomic mass is 33.1. The fourth-order valence-corrected chi connectivity index (χ4v) is 2.70. The van der Waals surface area contributed by atoms with Crippen LogP contribution in [0, 0.1) is 0 Å². The number of hydrogen-bond acceptors (Lipinski definition) is 6. The first-order chi connectivity index (χ1) is 7.31. The van der Waals surface area contributed by atoms with Crippen molar-refractivity contribution < 1.29 is 4.18 Å².